The van der Waals surface area contributed by atoms with Crippen LogP contribution in [0.15, 0.2) is 79.9 Å². The molecule has 3 aromatic carbocycles. The fourth-order valence-electron chi connectivity index (χ4n) is 4.50. The highest BCUT2D eigenvalue weighted by molar-refractivity contribution is 6.53. The smallest absolute Gasteiger partial charge is 0.416 e. The summed E-state index contributed by atoms with van der Waals surface area (Å²) in [6.45, 7) is 15.8. The molecule has 312 valence electrons. The Balaban J connectivity index is 0.000000467. The second-order valence-electron chi connectivity index (χ2n) is 11.4. The molecule has 0 aliphatic heterocycles. The van der Waals surface area contributed by atoms with Gasteiger partial charge in [0.2, 0.25) is 5.91 Å². The fraction of sp³-hybridized carbons (Fsp3) is 0.333. The number of ether oxygens (including phenoxy) is 3. The summed E-state index contributed by atoms with van der Waals surface area (Å²) in [4.78, 5) is 48.0. The van der Waals surface area contributed by atoms with Crippen molar-refractivity contribution in [2.75, 3.05) is 37.2 Å². The zero-order chi connectivity index (χ0) is 43.5. The second-order valence-corrected chi connectivity index (χ2v) is 13.6. The molecule has 0 spiro atoms. The van der Waals surface area contributed by atoms with Crippen LogP contribution < -0.4 is 9.64 Å². The van der Waals surface area contributed by atoms with Crippen LogP contribution >= 0.6 is 58.0 Å². The minimum atomic E-state index is -4.56. The Labute approximate surface area is 354 Å². The molecule has 0 aliphatic rings. The molecule has 1 N–H and O–H groups in total. The summed E-state index contributed by atoms with van der Waals surface area (Å²) in [5.74, 6) is -2.87. The van der Waals surface area contributed by atoms with Crippen LogP contribution in [0.2, 0.25) is 10.0 Å². The van der Waals surface area contributed by atoms with Crippen LogP contribution in [-0.2, 0) is 36.5 Å². The number of nitrogens with zero attached hydrogens (tertiary/aromatic N) is 2. The molecule has 0 bridgehead atoms. The Kier molecular flexibility index (Phi) is 22.7. The van der Waals surface area contributed by atoms with Crippen molar-refractivity contribution in [3.63, 3.8) is 0 Å². The molecule has 0 radical (unpaired) electrons. The minimum absolute atomic E-state index is 0.0246. The van der Waals surface area contributed by atoms with Gasteiger partial charge in [-0.2, -0.15) is 13.2 Å². The Morgan fingerprint density at radius 1 is 0.947 bits per heavy atom. The topological polar surface area (TPSA) is 123 Å². The van der Waals surface area contributed by atoms with Crippen molar-refractivity contribution >= 4 is 87.4 Å². The van der Waals surface area contributed by atoms with E-state index in [0.29, 0.717) is 25.8 Å². The van der Waals surface area contributed by atoms with Gasteiger partial charge in [0, 0.05) is 19.7 Å². The lowest BCUT2D eigenvalue weighted by Crippen LogP contribution is -2.35. The number of para-hydroxylation sites is 1. The molecule has 10 nitrogen and oxygen atoms in total. The lowest BCUT2D eigenvalue weighted by molar-refractivity contribution is -0.146. The number of hydrogen-bond donors (Lipinski definition) is 1. The average molecular weight is 901 g/mol. The molecule has 0 unspecified atom stereocenters. The molecule has 0 saturated heterocycles. The number of hydrogen-bond acceptors (Lipinski definition) is 7. The SMILES string of the molecule is C=CCN(CC=C)C(=O)C(Cl)Cl.CCOCN(C(=O)CCl)c1c(C)cccc1CC.C[C@H](OC(=O)c1cc(Oc2ccc(C(F)(F)F)cc2Cl)ccc1Cl)C(=O)O. The third-order valence-electron chi connectivity index (χ3n) is 7.29. The van der Waals surface area contributed by atoms with Crippen molar-refractivity contribution in [1.29, 1.82) is 0 Å². The summed E-state index contributed by atoms with van der Waals surface area (Å²) in [5, 5.41) is 8.46. The molecule has 0 heterocycles. The van der Waals surface area contributed by atoms with Crippen LogP contribution in [0.25, 0.3) is 0 Å². The maximum atomic E-state index is 12.7. The van der Waals surface area contributed by atoms with E-state index >= 15 is 0 Å². The van der Waals surface area contributed by atoms with Crippen LogP contribution in [-0.4, -0.2) is 77.0 Å². The van der Waals surface area contributed by atoms with Gasteiger partial charge in [0.05, 0.1) is 26.9 Å². The summed E-state index contributed by atoms with van der Waals surface area (Å²) in [7, 11) is 0. The largest absolute Gasteiger partial charge is 0.479 e. The van der Waals surface area contributed by atoms with Crippen molar-refractivity contribution < 1.29 is 51.7 Å². The zero-order valence-corrected chi connectivity index (χ0v) is 35.2. The predicted molar refractivity (Wildman–Crippen MR) is 218 cm³/mol. The molecular weight excluding hydrogens is 859 g/mol. The van der Waals surface area contributed by atoms with E-state index in [4.69, 9.17) is 77.3 Å². The molecule has 1 atom stereocenters. The van der Waals surface area contributed by atoms with Gasteiger partial charge in [-0.15, -0.1) is 24.8 Å². The first kappa shape index (κ1) is 51.0. The van der Waals surface area contributed by atoms with Crippen molar-refractivity contribution in [3.8, 4) is 11.5 Å². The van der Waals surface area contributed by atoms with Gasteiger partial charge in [-0.25, -0.2) is 9.59 Å². The molecule has 3 aromatic rings. The number of anilines is 1. The van der Waals surface area contributed by atoms with E-state index in [-0.39, 0.29) is 51.5 Å². The lowest BCUT2D eigenvalue weighted by Gasteiger charge is -2.25. The maximum absolute atomic E-state index is 12.7. The van der Waals surface area contributed by atoms with Crippen LogP contribution in [0.4, 0.5) is 18.9 Å². The Hall–Kier alpha value is -3.98. The summed E-state index contributed by atoms with van der Waals surface area (Å²) in [6.07, 6.45) is -1.87. The Bertz CT molecular complexity index is 1840. The molecule has 0 aromatic heterocycles. The monoisotopic (exact) mass is 898 g/mol. The van der Waals surface area contributed by atoms with Crippen molar-refractivity contribution in [1.82, 2.24) is 4.90 Å². The Morgan fingerprint density at radius 3 is 2.07 bits per heavy atom. The molecule has 0 aliphatic carbocycles. The van der Waals surface area contributed by atoms with E-state index in [1.807, 2.05) is 32.0 Å². The van der Waals surface area contributed by atoms with Gasteiger partial charge in [0.1, 0.15) is 24.1 Å². The minimum Gasteiger partial charge on any atom is -0.479 e. The summed E-state index contributed by atoms with van der Waals surface area (Å²) < 4.78 is 53.5. The predicted octanol–water partition coefficient (Wildman–Crippen LogP) is 10.5. The standard InChI is InChI=1S/C17H11Cl2F3O5.C14H20ClNO2.C8H11Cl2NO/c1-8(15(23)24)26-16(25)11-7-10(3-4-12(11)18)27-14-5-2-9(6-13(14)19)17(20,21)22;1-4-12-8-6-7-11(3)14(12)16(10-18-5-2)13(17)9-15;1-3-5-11(6-4-2)8(12)7(9)10/h2-8H,1H3,(H,23,24);6-8H,4-5,9-10H2,1-3H3;3-4,7H,1-2,5-6H2/t8-;;/m0../s1. The van der Waals surface area contributed by atoms with Gasteiger partial charge in [-0.05, 0) is 74.7 Å². The highest BCUT2D eigenvalue weighted by Crippen LogP contribution is 2.37. The van der Waals surface area contributed by atoms with E-state index in [1.165, 1.54) is 17.0 Å². The van der Waals surface area contributed by atoms with Gasteiger partial charge < -0.3 is 24.2 Å². The van der Waals surface area contributed by atoms with Crippen LogP contribution in [0.5, 0.6) is 11.5 Å². The van der Waals surface area contributed by atoms with E-state index in [1.54, 1.807) is 17.1 Å². The average Bonchev–Trinajstić information content (AvgIpc) is 3.16. The number of benzene rings is 3. The lowest BCUT2D eigenvalue weighted by atomic mass is 10.0. The fourth-order valence-corrected chi connectivity index (χ4v) is 5.33. The molecule has 57 heavy (non-hydrogen) atoms. The molecule has 0 fully saturated rings. The number of carboxylic acids is 1. The summed E-state index contributed by atoms with van der Waals surface area (Å²) in [5.41, 5.74) is 2.01. The number of carbonyl (C=O) groups excluding carboxylic acids is 3. The molecule has 3 rings (SSSR count). The normalized spacial score (nSPS) is 11.2. The van der Waals surface area contributed by atoms with E-state index in [2.05, 4.69) is 20.1 Å². The third kappa shape index (κ3) is 16.8. The summed E-state index contributed by atoms with van der Waals surface area (Å²) in [6, 6.07) is 12.4. The van der Waals surface area contributed by atoms with Crippen molar-refractivity contribution in [2.45, 2.75) is 51.2 Å². The molecule has 2 amide bonds. The quantitative estimate of drug-likeness (QED) is 0.0653. The highest BCUT2D eigenvalue weighted by Gasteiger charge is 2.31. The highest BCUT2D eigenvalue weighted by atomic mass is 35.5. The number of carbonyl (C=O) groups is 4. The first-order valence-electron chi connectivity index (χ1n) is 16.9. The molecule has 0 saturated carbocycles. The number of carboxylic acid groups (broad SMARTS) is 1. The zero-order valence-electron chi connectivity index (χ0n) is 31.4. The number of aryl methyl sites for hydroxylation is 2. The number of rotatable bonds is 16. The second kappa shape index (κ2) is 25.4. The molecular formula is C39H42Cl5F3N2O8. The van der Waals surface area contributed by atoms with E-state index in [0.717, 1.165) is 48.4 Å². The number of amides is 2. The van der Waals surface area contributed by atoms with Gasteiger partial charge in [0.25, 0.3) is 5.91 Å². The van der Waals surface area contributed by atoms with Gasteiger partial charge in [-0.3, -0.25) is 14.5 Å². The number of alkyl halides is 6. The third-order valence-corrected chi connectivity index (χ3v) is 8.51. The first-order chi connectivity index (χ1) is 26.8. The number of halogens is 8. The van der Waals surface area contributed by atoms with Gasteiger partial charge >= 0.3 is 18.1 Å². The number of aliphatic carboxylic acids is 1. The van der Waals surface area contributed by atoms with Crippen LogP contribution in [0, 0.1) is 6.92 Å². The Morgan fingerprint density at radius 2 is 1.58 bits per heavy atom. The first-order valence-corrected chi connectivity index (χ1v) is 19.0. The van der Waals surface area contributed by atoms with Gasteiger partial charge in [0.15, 0.2) is 10.9 Å². The van der Waals surface area contributed by atoms with E-state index in [9.17, 15) is 32.3 Å². The van der Waals surface area contributed by atoms with E-state index < -0.39 is 34.6 Å². The summed E-state index contributed by atoms with van der Waals surface area (Å²) >= 11 is 28.2. The van der Waals surface area contributed by atoms with Crippen molar-refractivity contribution in [3.05, 3.63) is 112 Å². The van der Waals surface area contributed by atoms with Crippen LogP contribution in [0.3, 0.4) is 0 Å². The number of esters is 1. The maximum Gasteiger partial charge on any atom is 0.416 e. The van der Waals surface area contributed by atoms with Crippen molar-refractivity contribution in [2.24, 2.45) is 0 Å². The molecule has 18 heteroatoms. The van der Waals surface area contributed by atoms with Crippen LogP contribution in [0.1, 0.15) is 47.8 Å². The van der Waals surface area contributed by atoms with Gasteiger partial charge in [-0.1, -0.05) is 83.7 Å².